The highest BCUT2D eigenvalue weighted by Gasteiger charge is 2.68. The number of nitriles is 2. The lowest BCUT2D eigenvalue weighted by Gasteiger charge is -2.01. The molecule has 1 fully saturated rings. The summed E-state index contributed by atoms with van der Waals surface area (Å²) in [6.45, 7) is 0. The molecule has 1 aliphatic rings. The molecule has 0 N–H and O–H groups in total. The van der Waals surface area contributed by atoms with Crippen LogP contribution < -0.4 is 0 Å². The minimum atomic E-state index is -1.23. The van der Waals surface area contributed by atoms with Crippen LogP contribution in [0.5, 0.6) is 0 Å². The summed E-state index contributed by atoms with van der Waals surface area (Å²) in [6, 6.07) is 10.8. The average Bonchev–Trinajstić information content (AvgIpc) is 2.98. The number of hydrogen-bond acceptors (Lipinski definition) is 3. The zero-order valence-electron chi connectivity index (χ0n) is 8.22. The summed E-state index contributed by atoms with van der Waals surface area (Å²) < 4.78 is 0. The summed E-state index contributed by atoms with van der Waals surface area (Å²) in [4.78, 5) is 10.9. The van der Waals surface area contributed by atoms with Gasteiger partial charge in [-0.2, -0.15) is 10.5 Å². The van der Waals surface area contributed by atoms with Crippen LogP contribution >= 0.6 is 11.6 Å². The molecule has 2 atom stereocenters. The predicted octanol–water partition coefficient (Wildman–Crippen LogP) is 2.29. The summed E-state index contributed by atoms with van der Waals surface area (Å²) >= 11 is 5.99. The van der Waals surface area contributed by atoms with Crippen molar-refractivity contribution in [1.29, 1.82) is 10.5 Å². The minimum Gasteiger partial charge on any atom is -0.303 e. The third-order valence-electron chi connectivity index (χ3n) is 3.02. The van der Waals surface area contributed by atoms with Gasteiger partial charge in [-0.1, -0.05) is 29.8 Å². The monoisotopic (exact) mass is 230 g/mol. The van der Waals surface area contributed by atoms with E-state index in [1.807, 2.05) is 12.1 Å². The van der Waals surface area contributed by atoms with Gasteiger partial charge in [-0.25, -0.2) is 0 Å². The predicted molar refractivity (Wildman–Crippen MR) is 57.4 cm³/mol. The first kappa shape index (κ1) is 10.7. The highest BCUT2D eigenvalue weighted by atomic mass is 35.5. The maximum absolute atomic E-state index is 10.9. The molecule has 1 aliphatic carbocycles. The van der Waals surface area contributed by atoms with E-state index in [0.717, 1.165) is 0 Å². The van der Waals surface area contributed by atoms with Crippen LogP contribution in [0.1, 0.15) is 11.5 Å². The number of benzene rings is 1. The maximum Gasteiger partial charge on any atom is 0.161 e. The van der Waals surface area contributed by atoms with E-state index in [0.29, 0.717) is 16.9 Å². The number of rotatable bonds is 2. The van der Waals surface area contributed by atoms with Crippen molar-refractivity contribution in [2.24, 2.45) is 11.3 Å². The molecule has 0 radical (unpaired) electrons. The van der Waals surface area contributed by atoms with Crippen molar-refractivity contribution in [3.63, 3.8) is 0 Å². The fourth-order valence-corrected chi connectivity index (χ4v) is 2.33. The number of aldehydes is 1. The van der Waals surface area contributed by atoms with Gasteiger partial charge in [0.2, 0.25) is 0 Å². The van der Waals surface area contributed by atoms with Crippen molar-refractivity contribution in [3.05, 3.63) is 34.9 Å². The molecule has 0 saturated heterocycles. The fraction of sp³-hybridized carbons (Fsp3) is 0.250. The molecule has 1 aromatic carbocycles. The molecule has 0 amide bonds. The van der Waals surface area contributed by atoms with Gasteiger partial charge in [-0.15, -0.1) is 0 Å². The summed E-state index contributed by atoms with van der Waals surface area (Å²) in [5.41, 5.74) is -0.531. The first-order valence-corrected chi connectivity index (χ1v) is 5.11. The van der Waals surface area contributed by atoms with Crippen LogP contribution in [-0.2, 0) is 4.79 Å². The molecule has 0 bridgehead atoms. The minimum absolute atomic E-state index is 0.395. The van der Waals surface area contributed by atoms with Gasteiger partial charge in [-0.05, 0) is 11.6 Å². The van der Waals surface area contributed by atoms with E-state index < -0.39 is 17.3 Å². The van der Waals surface area contributed by atoms with Crippen molar-refractivity contribution in [1.82, 2.24) is 0 Å². The normalized spacial score (nSPS) is 25.2. The number of nitrogens with zero attached hydrogens (tertiary/aromatic N) is 2. The Hall–Kier alpha value is -1.84. The summed E-state index contributed by atoms with van der Waals surface area (Å²) in [5.74, 6) is -0.962. The molecule has 0 aromatic heterocycles. The molecule has 2 rings (SSSR count). The van der Waals surface area contributed by atoms with Gasteiger partial charge >= 0.3 is 0 Å². The van der Waals surface area contributed by atoms with E-state index in [1.54, 1.807) is 24.3 Å². The standard InChI is InChI=1S/C12H7ClN2O/c13-10-4-2-1-3-8(10)11-9(5-16)12(11,6-14)7-15/h1-5,9,11H. The molecule has 0 aliphatic heterocycles. The molecule has 78 valence electrons. The molecule has 0 heterocycles. The van der Waals surface area contributed by atoms with Crippen LogP contribution in [0.3, 0.4) is 0 Å². The molecule has 4 heteroatoms. The summed E-state index contributed by atoms with van der Waals surface area (Å²) in [5, 5.41) is 18.5. The zero-order chi connectivity index (χ0) is 11.8. The smallest absolute Gasteiger partial charge is 0.161 e. The highest BCUT2D eigenvalue weighted by molar-refractivity contribution is 6.31. The molecular formula is C12H7ClN2O. The lowest BCUT2D eigenvalue weighted by molar-refractivity contribution is -0.109. The maximum atomic E-state index is 10.9. The van der Waals surface area contributed by atoms with Gasteiger partial charge in [-0.3, -0.25) is 0 Å². The van der Waals surface area contributed by atoms with Crippen LogP contribution in [0.25, 0.3) is 0 Å². The van der Waals surface area contributed by atoms with E-state index in [4.69, 9.17) is 22.1 Å². The van der Waals surface area contributed by atoms with E-state index in [1.165, 1.54) is 0 Å². The van der Waals surface area contributed by atoms with Crippen molar-refractivity contribution in [2.45, 2.75) is 5.92 Å². The second-order valence-electron chi connectivity index (χ2n) is 3.75. The molecule has 0 spiro atoms. The van der Waals surface area contributed by atoms with Gasteiger partial charge in [0.05, 0.1) is 18.1 Å². The molecule has 3 nitrogen and oxygen atoms in total. The van der Waals surface area contributed by atoms with Crippen molar-refractivity contribution in [3.8, 4) is 12.1 Å². The first-order chi connectivity index (χ1) is 7.71. The van der Waals surface area contributed by atoms with Gasteiger partial charge in [0.25, 0.3) is 0 Å². The third-order valence-corrected chi connectivity index (χ3v) is 3.37. The molecule has 2 unspecified atom stereocenters. The van der Waals surface area contributed by atoms with Crippen molar-refractivity contribution in [2.75, 3.05) is 0 Å². The Bertz CT molecular complexity index is 513. The van der Waals surface area contributed by atoms with E-state index in [9.17, 15) is 4.79 Å². The topological polar surface area (TPSA) is 64.7 Å². The van der Waals surface area contributed by atoms with Crippen LogP contribution in [0.2, 0.25) is 5.02 Å². The van der Waals surface area contributed by atoms with Crippen LogP contribution in [0, 0.1) is 34.0 Å². The van der Waals surface area contributed by atoms with E-state index in [2.05, 4.69) is 0 Å². The molecular weight excluding hydrogens is 224 g/mol. The average molecular weight is 231 g/mol. The van der Waals surface area contributed by atoms with E-state index >= 15 is 0 Å². The Kier molecular flexibility index (Phi) is 2.42. The van der Waals surface area contributed by atoms with E-state index in [-0.39, 0.29) is 0 Å². The second kappa shape index (κ2) is 3.63. The van der Waals surface area contributed by atoms with Crippen LogP contribution in [-0.4, -0.2) is 6.29 Å². The van der Waals surface area contributed by atoms with Gasteiger partial charge in [0, 0.05) is 10.9 Å². The van der Waals surface area contributed by atoms with Crippen LogP contribution in [0.15, 0.2) is 24.3 Å². The fourth-order valence-electron chi connectivity index (χ4n) is 2.08. The van der Waals surface area contributed by atoms with Crippen LogP contribution in [0.4, 0.5) is 0 Å². The first-order valence-electron chi connectivity index (χ1n) is 4.73. The highest BCUT2D eigenvalue weighted by Crippen LogP contribution is 2.64. The molecule has 1 saturated carbocycles. The van der Waals surface area contributed by atoms with Crippen molar-refractivity contribution < 1.29 is 4.79 Å². The molecule has 16 heavy (non-hydrogen) atoms. The van der Waals surface area contributed by atoms with Gasteiger partial charge < -0.3 is 4.79 Å². The number of hydrogen-bond donors (Lipinski definition) is 0. The summed E-state index contributed by atoms with van der Waals surface area (Å²) in [6.07, 6.45) is 0.667. The Morgan fingerprint density at radius 2 is 1.94 bits per heavy atom. The second-order valence-corrected chi connectivity index (χ2v) is 4.16. The Morgan fingerprint density at radius 3 is 2.38 bits per heavy atom. The lowest BCUT2D eigenvalue weighted by atomic mass is 10.0. The number of carbonyl (C=O) groups is 1. The molecule has 1 aromatic rings. The zero-order valence-corrected chi connectivity index (χ0v) is 8.98. The quantitative estimate of drug-likeness (QED) is 0.732. The summed E-state index contributed by atoms with van der Waals surface area (Å²) in [7, 11) is 0. The number of halogens is 1. The largest absolute Gasteiger partial charge is 0.303 e. The Morgan fingerprint density at radius 1 is 1.31 bits per heavy atom. The van der Waals surface area contributed by atoms with Gasteiger partial charge in [0.1, 0.15) is 6.29 Å². The van der Waals surface area contributed by atoms with Crippen molar-refractivity contribution >= 4 is 17.9 Å². The van der Waals surface area contributed by atoms with Gasteiger partial charge in [0.15, 0.2) is 5.41 Å². The number of carbonyl (C=O) groups excluding carboxylic acids is 1. The Balaban J connectivity index is 2.47. The third kappa shape index (κ3) is 1.23. The Labute approximate surface area is 97.9 Å². The SMILES string of the molecule is N#CC1(C#N)C(C=O)C1c1ccccc1Cl. The lowest BCUT2D eigenvalue weighted by Crippen LogP contribution is -1.98.